The summed E-state index contributed by atoms with van der Waals surface area (Å²) >= 11 is 0. The Morgan fingerprint density at radius 3 is 2.91 bits per heavy atom. The number of hydrogen-bond donors (Lipinski definition) is 2. The average Bonchev–Trinajstić information content (AvgIpc) is 3.20. The van der Waals surface area contributed by atoms with E-state index in [4.69, 9.17) is 0 Å². The standard InChI is InChI=1S/C16H19N5O/c1-3-7-21(4-2)16(22)13-8-11(9-18-13)14-12-5-6-17-15(12)20-10-19-14/h5-6,8-10,18H,3-4,7H2,1-2H3,(H,17,19,20). The lowest BCUT2D eigenvalue weighted by molar-refractivity contribution is 0.0759. The van der Waals surface area contributed by atoms with Gasteiger partial charge in [0.05, 0.1) is 5.69 Å². The molecule has 0 aliphatic heterocycles. The van der Waals surface area contributed by atoms with Crippen LogP contribution in [0.5, 0.6) is 0 Å². The number of amides is 1. The van der Waals surface area contributed by atoms with Crippen molar-refractivity contribution in [3.8, 4) is 11.3 Å². The van der Waals surface area contributed by atoms with Gasteiger partial charge in [-0.05, 0) is 25.5 Å². The van der Waals surface area contributed by atoms with Crippen molar-refractivity contribution in [2.24, 2.45) is 0 Å². The number of fused-ring (bicyclic) bond motifs is 1. The van der Waals surface area contributed by atoms with Crippen LogP contribution >= 0.6 is 0 Å². The Labute approximate surface area is 128 Å². The fraction of sp³-hybridized carbons (Fsp3) is 0.312. The molecule has 0 unspecified atom stereocenters. The van der Waals surface area contributed by atoms with Crippen molar-refractivity contribution in [2.45, 2.75) is 20.3 Å². The van der Waals surface area contributed by atoms with Crippen LogP contribution in [-0.4, -0.2) is 43.8 Å². The molecule has 3 rings (SSSR count). The van der Waals surface area contributed by atoms with Gasteiger partial charge < -0.3 is 14.9 Å². The lowest BCUT2D eigenvalue weighted by Crippen LogP contribution is -2.31. The van der Waals surface area contributed by atoms with Gasteiger partial charge in [0.2, 0.25) is 0 Å². The third-order valence-electron chi connectivity index (χ3n) is 3.70. The SMILES string of the molecule is CCCN(CC)C(=O)c1cc(-c2ncnc3[nH]ccc23)c[nH]1. The number of nitrogens with one attached hydrogen (secondary N) is 2. The minimum atomic E-state index is 0.0231. The van der Waals surface area contributed by atoms with Gasteiger partial charge in [0.1, 0.15) is 17.7 Å². The molecule has 0 aliphatic carbocycles. The molecule has 2 N–H and O–H groups in total. The van der Waals surface area contributed by atoms with Crippen LogP contribution in [-0.2, 0) is 0 Å². The monoisotopic (exact) mass is 297 g/mol. The number of nitrogens with zero attached hydrogens (tertiary/aromatic N) is 3. The molecule has 0 bridgehead atoms. The zero-order valence-electron chi connectivity index (χ0n) is 12.8. The van der Waals surface area contributed by atoms with Crippen molar-refractivity contribution < 1.29 is 4.79 Å². The predicted octanol–water partition coefficient (Wildman–Crippen LogP) is 2.83. The van der Waals surface area contributed by atoms with Crippen molar-refractivity contribution in [3.05, 3.63) is 36.5 Å². The van der Waals surface area contributed by atoms with Crippen LogP contribution in [0.25, 0.3) is 22.3 Å². The van der Waals surface area contributed by atoms with Gasteiger partial charge in [-0.3, -0.25) is 4.79 Å². The maximum atomic E-state index is 12.5. The number of aromatic nitrogens is 4. The Kier molecular flexibility index (Phi) is 3.91. The largest absolute Gasteiger partial charge is 0.357 e. The Hall–Kier alpha value is -2.63. The van der Waals surface area contributed by atoms with Gasteiger partial charge in [0.15, 0.2) is 0 Å². The molecule has 114 valence electrons. The number of carbonyl (C=O) groups excluding carboxylic acids is 1. The number of H-pyrrole nitrogens is 2. The fourth-order valence-corrected chi connectivity index (χ4v) is 2.60. The summed E-state index contributed by atoms with van der Waals surface area (Å²) in [5.41, 5.74) is 3.09. The molecule has 6 nitrogen and oxygen atoms in total. The smallest absolute Gasteiger partial charge is 0.270 e. The molecule has 6 heteroatoms. The second-order valence-corrected chi connectivity index (χ2v) is 5.15. The lowest BCUT2D eigenvalue weighted by atomic mass is 10.1. The van der Waals surface area contributed by atoms with Crippen LogP contribution < -0.4 is 0 Å². The van der Waals surface area contributed by atoms with Crippen LogP contribution in [0.4, 0.5) is 0 Å². The third-order valence-corrected chi connectivity index (χ3v) is 3.70. The van der Waals surface area contributed by atoms with E-state index in [9.17, 15) is 4.79 Å². The highest BCUT2D eigenvalue weighted by molar-refractivity contribution is 5.96. The highest BCUT2D eigenvalue weighted by Gasteiger charge is 2.17. The molecule has 0 radical (unpaired) electrons. The molecule has 3 aromatic heterocycles. The number of hydrogen-bond acceptors (Lipinski definition) is 3. The van der Waals surface area contributed by atoms with Crippen molar-refractivity contribution >= 4 is 16.9 Å². The molecule has 0 saturated carbocycles. The highest BCUT2D eigenvalue weighted by atomic mass is 16.2. The van der Waals surface area contributed by atoms with Gasteiger partial charge in [-0.2, -0.15) is 0 Å². The van der Waals surface area contributed by atoms with E-state index in [0.717, 1.165) is 35.3 Å². The predicted molar refractivity (Wildman–Crippen MR) is 85.5 cm³/mol. The van der Waals surface area contributed by atoms with Gasteiger partial charge in [-0.15, -0.1) is 0 Å². The van der Waals surface area contributed by atoms with E-state index in [1.165, 1.54) is 6.33 Å². The first-order chi connectivity index (χ1) is 10.7. The summed E-state index contributed by atoms with van der Waals surface area (Å²) in [6.45, 7) is 5.53. The van der Waals surface area contributed by atoms with Gasteiger partial charge in [-0.1, -0.05) is 6.92 Å². The van der Waals surface area contributed by atoms with Gasteiger partial charge >= 0.3 is 0 Å². The van der Waals surface area contributed by atoms with E-state index in [1.807, 2.05) is 36.4 Å². The summed E-state index contributed by atoms with van der Waals surface area (Å²) in [5.74, 6) is 0.0231. The normalized spacial score (nSPS) is 11.0. The average molecular weight is 297 g/mol. The first-order valence-corrected chi connectivity index (χ1v) is 7.50. The number of rotatable bonds is 5. The van der Waals surface area contributed by atoms with Crippen molar-refractivity contribution in [1.82, 2.24) is 24.8 Å². The van der Waals surface area contributed by atoms with Crippen LogP contribution in [0.3, 0.4) is 0 Å². The molecule has 3 heterocycles. The Morgan fingerprint density at radius 1 is 1.27 bits per heavy atom. The molecular formula is C16H19N5O. The fourth-order valence-electron chi connectivity index (χ4n) is 2.60. The molecule has 22 heavy (non-hydrogen) atoms. The van der Waals surface area contributed by atoms with Crippen molar-refractivity contribution in [3.63, 3.8) is 0 Å². The van der Waals surface area contributed by atoms with Gasteiger partial charge in [0, 0.05) is 36.4 Å². The third kappa shape index (κ3) is 2.47. The molecule has 0 fully saturated rings. The van der Waals surface area contributed by atoms with Gasteiger partial charge in [0.25, 0.3) is 5.91 Å². The van der Waals surface area contributed by atoms with Gasteiger partial charge in [-0.25, -0.2) is 9.97 Å². The van der Waals surface area contributed by atoms with E-state index in [-0.39, 0.29) is 5.91 Å². The Bertz CT molecular complexity index is 789. The topological polar surface area (TPSA) is 77.7 Å². The summed E-state index contributed by atoms with van der Waals surface area (Å²) < 4.78 is 0. The van der Waals surface area contributed by atoms with Crippen LogP contribution in [0.1, 0.15) is 30.8 Å². The second-order valence-electron chi connectivity index (χ2n) is 5.15. The molecule has 0 spiro atoms. The minimum Gasteiger partial charge on any atom is -0.357 e. The molecule has 0 saturated heterocycles. The van der Waals surface area contributed by atoms with Crippen LogP contribution in [0.15, 0.2) is 30.9 Å². The molecule has 0 aliphatic rings. The minimum absolute atomic E-state index is 0.0231. The zero-order valence-corrected chi connectivity index (χ0v) is 12.8. The lowest BCUT2D eigenvalue weighted by Gasteiger charge is -2.18. The van der Waals surface area contributed by atoms with E-state index in [2.05, 4.69) is 26.9 Å². The van der Waals surface area contributed by atoms with E-state index < -0.39 is 0 Å². The molecule has 3 aromatic rings. The van der Waals surface area contributed by atoms with Crippen LogP contribution in [0.2, 0.25) is 0 Å². The summed E-state index contributed by atoms with van der Waals surface area (Å²) in [4.78, 5) is 29.0. The summed E-state index contributed by atoms with van der Waals surface area (Å²) in [6, 6.07) is 3.80. The summed E-state index contributed by atoms with van der Waals surface area (Å²) in [5, 5.41) is 0.946. The van der Waals surface area contributed by atoms with E-state index in [1.54, 1.807) is 0 Å². The molecule has 0 atom stereocenters. The maximum absolute atomic E-state index is 12.5. The highest BCUT2D eigenvalue weighted by Crippen LogP contribution is 2.25. The number of aromatic amines is 2. The van der Waals surface area contributed by atoms with Crippen molar-refractivity contribution in [1.29, 1.82) is 0 Å². The maximum Gasteiger partial charge on any atom is 0.270 e. The quantitative estimate of drug-likeness (QED) is 0.760. The molecule has 0 aromatic carbocycles. The summed E-state index contributed by atoms with van der Waals surface area (Å²) in [6.07, 6.45) is 6.13. The second kappa shape index (κ2) is 6.01. The summed E-state index contributed by atoms with van der Waals surface area (Å²) in [7, 11) is 0. The first-order valence-electron chi connectivity index (χ1n) is 7.50. The molecule has 1 amide bonds. The van der Waals surface area contributed by atoms with E-state index in [0.29, 0.717) is 12.2 Å². The zero-order chi connectivity index (χ0) is 15.5. The number of carbonyl (C=O) groups is 1. The first kappa shape index (κ1) is 14.3. The Morgan fingerprint density at radius 2 is 2.14 bits per heavy atom. The Balaban J connectivity index is 1.94. The van der Waals surface area contributed by atoms with Crippen molar-refractivity contribution in [2.75, 3.05) is 13.1 Å². The van der Waals surface area contributed by atoms with E-state index >= 15 is 0 Å². The molecular weight excluding hydrogens is 278 g/mol. The van der Waals surface area contributed by atoms with Crippen LogP contribution in [0, 0.1) is 0 Å².